The highest BCUT2D eigenvalue weighted by Crippen LogP contribution is 1.58. The van der Waals surface area contributed by atoms with Crippen LogP contribution in [-0.2, 0) is 4.43 Å². The highest BCUT2D eigenvalue weighted by Gasteiger charge is 1.61. The summed E-state index contributed by atoms with van der Waals surface area (Å²) < 4.78 is 4.29. The van der Waals surface area contributed by atoms with Crippen molar-refractivity contribution in [3.8, 4) is 0 Å². The molecule has 30 valence electrons. The van der Waals surface area contributed by atoms with Crippen molar-refractivity contribution < 1.29 is 9.22 Å². The molecule has 0 aliphatic rings. The Hall–Kier alpha value is -0.283. The third-order valence-electron chi connectivity index (χ3n) is 0.192. The van der Waals surface area contributed by atoms with Gasteiger partial charge in [-0.2, -0.15) is 0 Å². The molecule has 0 aromatic rings. The lowest BCUT2D eigenvalue weighted by Gasteiger charge is -1.83. The molecule has 0 aromatic carbocycles. The van der Waals surface area contributed by atoms with Gasteiger partial charge in [0.15, 0.2) is 0 Å². The highest BCUT2D eigenvalue weighted by molar-refractivity contribution is 6.16. The Morgan fingerprint density at radius 1 is 2.00 bits per heavy atom. The second-order valence-electron chi connectivity index (χ2n) is 0.462. The maximum absolute atomic E-state index is 7.91. The van der Waals surface area contributed by atoms with E-state index in [1.54, 1.807) is 0 Å². The molecule has 1 N–H and O–H groups in total. The van der Waals surface area contributed by atoms with Crippen LogP contribution in [0.2, 0.25) is 0 Å². The Morgan fingerprint density at radius 2 is 2.60 bits per heavy atom. The monoisotopic (exact) mass is 90.0 g/mol. The van der Waals surface area contributed by atoms with E-state index in [0.29, 0.717) is 0 Å². The van der Waals surface area contributed by atoms with E-state index in [1.165, 1.54) is 6.26 Å². The normalized spacial score (nSPS) is 9.00. The van der Waals surface area contributed by atoms with Gasteiger partial charge in [-0.1, -0.05) is 6.58 Å². The SMILES string of the molecule is C=CO[SiH2]O. The van der Waals surface area contributed by atoms with E-state index >= 15 is 0 Å². The summed E-state index contributed by atoms with van der Waals surface area (Å²) in [5, 5.41) is 0. The van der Waals surface area contributed by atoms with Crippen LogP contribution in [0.15, 0.2) is 12.8 Å². The molecule has 0 unspecified atom stereocenters. The summed E-state index contributed by atoms with van der Waals surface area (Å²) in [6, 6.07) is 0. The van der Waals surface area contributed by atoms with Gasteiger partial charge in [0, 0.05) is 0 Å². The Labute approximate surface area is 33.1 Å². The summed E-state index contributed by atoms with van der Waals surface area (Å²) >= 11 is 0. The molecule has 0 atom stereocenters. The standard InChI is InChI=1S/C2H6O2Si/c1-2-4-5-3/h2-3H,1,5H2. The first kappa shape index (κ1) is 4.72. The van der Waals surface area contributed by atoms with Crippen molar-refractivity contribution in [2.45, 2.75) is 0 Å². The fraction of sp³-hybridized carbons (Fsp3) is 0. The third-order valence-corrected chi connectivity index (χ3v) is 0.577. The van der Waals surface area contributed by atoms with Crippen LogP contribution in [0.5, 0.6) is 0 Å². The fourth-order valence-corrected chi connectivity index (χ4v) is 0.158. The van der Waals surface area contributed by atoms with Gasteiger partial charge in [-0.25, -0.2) is 0 Å². The topological polar surface area (TPSA) is 29.5 Å². The number of rotatable bonds is 2. The Kier molecular flexibility index (Phi) is 3.51. The average molecular weight is 90.2 g/mol. The van der Waals surface area contributed by atoms with Gasteiger partial charge in [-0.05, 0) is 0 Å². The summed E-state index contributed by atoms with van der Waals surface area (Å²) in [5.74, 6) is 0. The largest absolute Gasteiger partial charge is 0.532 e. The zero-order valence-electron chi connectivity index (χ0n) is 2.85. The van der Waals surface area contributed by atoms with Crippen LogP contribution in [0.3, 0.4) is 0 Å². The van der Waals surface area contributed by atoms with E-state index < -0.39 is 10.0 Å². The molecular formula is C2H6O2Si. The molecule has 0 heterocycles. The zero-order valence-corrected chi connectivity index (χ0v) is 4.26. The van der Waals surface area contributed by atoms with E-state index in [9.17, 15) is 0 Å². The Bertz CT molecular complexity index is 28.8. The zero-order chi connectivity index (χ0) is 4.12. The molecule has 2 nitrogen and oxygen atoms in total. The lowest BCUT2D eigenvalue weighted by atomic mass is 11.2. The molecule has 0 spiro atoms. The lowest BCUT2D eigenvalue weighted by Crippen LogP contribution is -1.85. The minimum Gasteiger partial charge on any atom is -0.532 e. The molecule has 5 heavy (non-hydrogen) atoms. The molecule has 0 saturated heterocycles. The van der Waals surface area contributed by atoms with Gasteiger partial charge in [-0.3, -0.25) is 0 Å². The van der Waals surface area contributed by atoms with E-state index in [0.717, 1.165) is 0 Å². The average Bonchev–Trinajstić information content (AvgIpc) is 1.41. The number of hydrogen-bond acceptors (Lipinski definition) is 2. The van der Waals surface area contributed by atoms with Gasteiger partial charge in [-0.15, -0.1) is 0 Å². The molecule has 0 saturated carbocycles. The molecule has 0 aliphatic heterocycles. The van der Waals surface area contributed by atoms with E-state index in [4.69, 9.17) is 4.80 Å². The summed E-state index contributed by atoms with van der Waals surface area (Å²) in [7, 11) is -1.20. The van der Waals surface area contributed by atoms with Crippen molar-refractivity contribution in [2.24, 2.45) is 0 Å². The molecule has 0 aliphatic carbocycles. The van der Waals surface area contributed by atoms with Crippen LogP contribution in [0.4, 0.5) is 0 Å². The van der Waals surface area contributed by atoms with Gasteiger partial charge < -0.3 is 9.22 Å². The van der Waals surface area contributed by atoms with Crippen molar-refractivity contribution >= 4 is 10.0 Å². The van der Waals surface area contributed by atoms with Crippen LogP contribution in [0.1, 0.15) is 0 Å². The highest BCUT2D eigenvalue weighted by atomic mass is 28.2. The Balaban J connectivity index is 2.40. The van der Waals surface area contributed by atoms with Crippen molar-refractivity contribution in [1.29, 1.82) is 0 Å². The maximum Gasteiger partial charge on any atom is 0.362 e. The molecule has 0 fully saturated rings. The van der Waals surface area contributed by atoms with Gasteiger partial charge in [0.25, 0.3) is 0 Å². The molecule has 0 aromatic heterocycles. The van der Waals surface area contributed by atoms with E-state index in [2.05, 4.69) is 11.0 Å². The van der Waals surface area contributed by atoms with Crippen LogP contribution >= 0.6 is 0 Å². The van der Waals surface area contributed by atoms with Crippen molar-refractivity contribution in [2.75, 3.05) is 0 Å². The van der Waals surface area contributed by atoms with Gasteiger partial charge in [0.05, 0.1) is 6.26 Å². The van der Waals surface area contributed by atoms with E-state index in [1.807, 2.05) is 0 Å². The summed E-state index contributed by atoms with van der Waals surface area (Å²) in [6.45, 7) is 3.20. The first-order chi connectivity index (χ1) is 2.41. The molecule has 0 amide bonds. The van der Waals surface area contributed by atoms with Crippen molar-refractivity contribution in [3.05, 3.63) is 12.8 Å². The second-order valence-corrected chi connectivity index (χ2v) is 1.05. The maximum atomic E-state index is 7.91. The molecule has 0 radical (unpaired) electrons. The van der Waals surface area contributed by atoms with Gasteiger partial charge in [0.1, 0.15) is 0 Å². The van der Waals surface area contributed by atoms with Crippen LogP contribution in [0, 0.1) is 0 Å². The predicted octanol–water partition coefficient (Wildman–Crippen LogP) is -0.862. The lowest BCUT2D eigenvalue weighted by molar-refractivity contribution is 0.407. The second kappa shape index (κ2) is 3.72. The van der Waals surface area contributed by atoms with Gasteiger partial charge in [0.2, 0.25) is 0 Å². The van der Waals surface area contributed by atoms with Gasteiger partial charge >= 0.3 is 10.0 Å². The Morgan fingerprint density at radius 3 is 2.60 bits per heavy atom. The third kappa shape index (κ3) is 3.72. The van der Waals surface area contributed by atoms with Crippen LogP contribution < -0.4 is 0 Å². The number of hydrogen-bond donors (Lipinski definition) is 1. The fourth-order valence-electron chi connectivity index (χ4n) is 0.0527. The smallest absolute Gasteiger partial charge is 0.362 e. The molecule has 3 heteroatoms. The summed E-state index contributed by atoms with van der Waals surface area (Å²) in [6.07, 6.45) is 1.24. The van der Waals surface area contributed by atoms with E-state index in [-0.39, 0.29) is 0 Å². The molecule has 0 rings (SSSR count). The summed E-state index contributed by atoms with van der Waals surface area (Å²) in [5.41, 5.74) is 0. The minimum absolute atomic E-state index is 1.20. The van der Waals surface area contributed by atoms with Crippen molar-refractivity contribution in [1.82, 2.24) is 0 Å². The predicted molar refractivity (Wildman–Crippen MR) is 22.0 cm³/mol. The molecule has 0 bridgehead atoms. The first-order valence-corrected chi connectivity index (χ1v) is 2.46. The molecular weight excluding hydrogens is 84.1 g/mol. The minimum atomic E-state index is -1.20. The summed E-state index contributed by atoms with van der Waals surface area (Å²) in [4.78, 5) is 7.91. The van der Waals surface area contributed by atoms with Crippen LogP contribution in [-0.4, -0.2) is 14.8 Å². The first-order valence-electron chi connectivity index (χ1n) is 1.25. The van der Waals surface area contributed by atoms with Crippen LogP contribution in [0.25, 0.3) is 0 Å². The quantitative estimate of drug-likeness (QED) is 0.353. The van der Waals surface area contributed by atoms with Crippen molar-refractivity contribution in [3.63, 3.8) is 0 Å².